The second kappa shape index (κ2) is 11.9. The highest BCUT2D eigenvalue weighted by molar-refractivity contribution is 6.00. The van der Waals surface area contributed by atoms with Gasteiger partial charge < -0.3 is 0 Å². The van der Waals surface area contributed by atoms with Crippen LogP contribution in [0, 0.1) is 68.2 Å². The van der Waals surface area contributed by atoms with Crippen molar-refractivity contribution >= 4 is 44.3 Å². The summed E-state index contributed by atoms with van der Waals surface area (Å²) in [6.45, 7) is 14.1. The van der Waals surface area contributed by atoms with E-state index in [-0.39, 0.29) is 34.6 Å². The lowest BCUT2D eigenvalue weighted by atomic mass is 9.90. The summed E-state index contributed by atoms with van der Waals surface area (Å²) < 4.78 is 0. The van der Waals surface area contributed by atoms with Gasteiger partial charge in [-0.2, -0.15) is 0 Å². The number of nitro benzene ring substituents is 4. The molecule has 4 rings (SSSR count). The van der Waals surface area contributed by atoms with Crippen LogP contribution in [0.1, 0.15) is 72.9 Å². The Kier molecular flexibility index (Phi) is 8.90. The molecule has 0 aromatic heterocycles. The lowest BCUT2D eigenvalue weighted by molar-refractivity contribution is -0.385. The highest BCUT2D eigenvalue weighted by Crippen LogP contribution is 2.41. The topological polar surface area (TPSA) is 173 Å². The first-order valence-electron chi connectivity index (χ1n) is 13.2. The zero-order valence-electron chi connectivity index (χ0n) is 24.7. The summed E-state index contributed by atoms with van der Waals surface area (Å²) in [5.74, 6) is -0.0976. The van der Waals surface area contributed by atoms with Crippen LogP contribution in [0.25, 0.3) is 21.5 Å². The van der Waals surface area contributed by atoms with E-state index in [4.69, 9.17) is 0 Å². The molecule has 42 heavy (non-hydrogen) atoms. The van der Waals surface area contributed by atoms with Crippen molar-refractivity contribution in [3.05, 3.63) is 110 Å². The van der Waals surface area contributed by atoms with E-state index in [2.05, 4.69) is 0 Å². The highest BCUT2D eigenvalue weighted by Gasteiger charge is 2.27. The van der Waals surface area contributed by atoms with Crippen molar-refractivity contribution in [3.8, 4) is 0 Å². The average molecular weight is 577 g/mol. The van der Waals surface area contributed by atoms with Crippen molar-refractivity contribution in [3.63, 3.8) is 0 Å². The van der Waals surface area contributed by atoms with Gasteiger partial charge in [-0.25, -0.2) is 0 Å². The van der Waals surface area contributed by atoms with Crippen LogP contribution in [-0.2, 0) is 0 Å². The van der Waals surface area contributed by atoms with E-state index in [1.165, 1.54) is 12.1 Å². The van der Waals surface area contributed by atoms with Crippen LogP contribution in [-0.4, -0.2) is 19.7 Å². The van der Waals surface area contributed by atoms with Gasteiger partial charge in [-0.15, -0.1) is 0 Å². The fraction of sp³-hybridized carbons (Fsp3) is 0.333. The number of rotatable bonds is 6. The summed E-state index contributed by atoms with van der Waals surface area (Å²) in [5.41, 5.74) is 3.39. The van der Waals surface area contributed by atoms with Crippen LogP contribution in [0.4, 0.5) is 22.7 Å². The second-order valence-corrected chi connectivity index (χ2v) is 10.9. The van der Waals surface area contributed by atoms with Crippen LogP contribution in [0.5, 0.6) is 0 Å². The van der Waals surface area contributed by atoms with Gasteiger partial charge in [0.2, 0.25) is 0 Å². The van der Waals surface area contributed by atoms with E-state index in [9.17, 15) is 40.5 Å². The third-order valence-corrected chi connectivity index (χ3v) is 7.50. The molecule has 0 saturated heterocycles. The smallest absolute Gasteiger partial charge is 0.258 e. The molecular formula is C30H32N4O8. The largest absolute Gasteiger partial charge is 0.280 e. The normalized spacial score (nSPS) is 11.1. The molecule has 4 aromatic carbocycles. The molecule has 0 heterocycles. The minimum absolute atomic E-state index is 0.00403. The van der Waals surface area contributed by atoms with Gasteiger partial charge in [0.1, 0.15) is 0 Å². The Morgan fingerprint density at radius 1 is 0.524 bits per heavy atom. The third-order valence-electron chi connectivity index (χ3n) is 7.50. The molecule has 0 unspecified atom stereocenters. The standard InChI is InChI=1S/2C15H16N2O4/c2*1-8(2)12-7-13(16(18)19)10(4)11-6-5-9(3)15(14(11)12)17(20)21/h2*5-8H,1-4H3. The number of hydrogen-bond acceptors (Lipinski definition) is 8. The Labute approximate surface area is 241 Å². The lowest BCUT2D eigenvalue weighted by Gasteiger charge is -2.14. The molecule has 0 spiro atoms. The SMILES string of the molecule is Cc1ccc2c(C)c([N+](=O)[O-])cc(C(C)C)c2c1[N+](=O)[O-].Cc1ccc2c(C)c([N+](=O)[O-])cc(C(C)C)c2c1[N+](=O)[O-]. The van der Waals surface area contributed by atoms with E-state index < -0.39 is 19.7 Å². The van der Waals surface area contributed by atoms with Crippen molar-refractivity contribution in [1.82, 2.24) is 0 Å². The van der Waals surface area contributed by atoms with Gasteiger partial charge in [-0.1, -0.05) is 52.0 Å². The molecule has 0 atom stereocenters. The molecule has 0 radical (unpaired) electrons. The van der Waals surface area contributed by atoms with Crippen molar-refractivity contribution in [2.75, 3.05) is 0 Å². The van der Waals surface area contributed by atoms with Crippen molar-refractivity contribution in [1.29, 1.82) is 0 Å². The van der Waals surface area contributed by atoms with Gasteiger partial charge in [0, 0.05) is 34.4 Å². The quantitative estimate of drug-likeness (QED) is 0.162. The minimum Gasteiger partial charge on any atom is -0.258 e. The van der Waals surface area contributed by atoms with Gasteiger partial charge >= 0.3 is 0 Å². The first-order chi connectivity index (χ1) is 19.5. The molecule has 220 valence electrons. The number of fused-ring (bicyclic) bond motifs is 2. The van der Waals surface area contributed by atoms with Crippen molar-refractivity contribution in [2.24, 2.45) is 0 Å². The molecule has 4 aromatic rings. The van der Waals surface area contributed by atoms with Crippen LogP contribution < -0.4 is 0 Å². The Morgan fingerprint density at radius 3 is 1.07 bits per heavy atom. The Hall–Kier alpha value is -5.00. The zero-order valence-corrected chi connectivity index (χ0v) is 24.7. The van der Waals surface area contributed by atoms with Crippen molar-refractivity contribution in [2.45, 2.75) is 67.2 Å². The van der Waals surface area contributed by atoms with Gasteiger partial charge in [0.05, 0.1) is 30.5 Å². The van der Waals surface area contributed by atoms with Crippen LogP contribution in [0.15, 0.2) is 36.4 Å². The Bertz CT molecular complexity index is 1660. The molecule has 12 nitrogen and oxygen atoms in total. The van der Waals surface area contributed by atoms with E-state index >= 15 is 0 Å². The predicted octanol–water partition coefficient (Wildman–Crippen LogP) is 8.79. The summed E-state index contributed by atoms with van der Waals surface area (Å²) in [6.07, 6.45) is 0. The number of nitro groups is 4. The molecule has 0 aliphatic carbocycles. The van der Waals surface area contributed by atoms with E-state index in [1.807, 2.05) is 27.7 Å². The maximum atomic E-state index is 11.4. The monoisotopic (exact) mass is 576 g/mol. The molecular weight excluding hydrogens is 544 g/mol. The number of hydrogen-bond donors (Lipinski definition) is 0. The lowest BCUT2D eigenvalue weighted by Crippen LogP contribution is -2.02. The summed E-state index contributed by atoms with van der Waals surface area (Å²) >= 11 is 0. The first-order valence-corrected chi connectivity index (χ1v) is 13.2. The number of aryl methyl sites for hydroxylation is 4. The summed E-state index contributed by atoms with van der Waals surface area (Å²) in [5, 5.41) is 47.4. The van der Waals surface area contributed by atoms with Gasteiger partial charge in [0.15, 0.2) is 0 Å². The molecule has 12 heteroatoms. The van der Waals surface area contributed by atoms with Crippen molar-refractivity contribution < 1.29 is 19.7 Å². The van der Waals surface area contributed by atoms with Crippen LogP contribution >= 0.6 is 0 Å². The maximum absolute atomic E-state index is 11.4. The molecule has 0 saturated carbocycles. The Balaban J connectivity index is 0.000000230. The molecule has 0 bridgehead atoms. The first kappa shape index (κ1) is 31.5. The summed E-state index contributed by atoms with van der Waals surface area (Å²) in [7, 11) is 0. The Morgan fingerprint density at radius 2 is 0.833 bits per heavy atom. The zero-order chi connectivity index (χ0) is 31.8. The average Bonchev–Trinajstić information content (AvgIpc) is 2.87. The fourth-order valence-electron chi connectivity index (χ4n) is 5.29. The van der Waals surface area contributed by atoms with E-state index in [1.54, 1.807) is 52.0 Å². The van der Waals surface area contributed by atoms with Gasteiger partial charge in [-0.3, -0.25) is 40.5 Å². The summed E-state index contributed by atoms with van der Waals surface area (Å²) in [6, 6.07) is 9.67. The molecule has 0 aliphatic heterocycles. The molecule has 0 amide bonds. The maximum Gasteiger partial charge on any atom is 0.280 e. The van der Waals surface area contributed by atoms with Crippen LogP contribution in [0.2, 0.25) is 0 Å². The van der Waals surface area contributed by atoms with Crippen LogP contribution in [0.3, 0.4) is 0 Å². The number of benzene rings is 4. The summed E-state index contributed by atoms with van der Waals surface area (Å²) in [4.78, 5) is 43.5. The highest BCUT2D eigenvalue weighted by atomic mass is 16.6. The molecule has 0 fully saturated rings. The molecule has 0 aliphatic rings. The fourth-order valence-corrected chi connectivity index (χ4v) is 5.29. The third kappa shape index (κ3) is 5.60. The van der Waals surface area contributed by atoms with Gasteiger partial charge in [-0.05, 0) is 61.4 Å². The van der Waals surface area contributed by atoms with E-state index in [0.717, 1.165) is 0 Å². The minimum atomic E-state index is -0.438. The number of nitrogens with zero attached hydrogens (tertiary/aromatic N) is 4. The molecule has 0 N–H and O–H groups in total. The predicted molar refractivity (Wildman–Crippen MR) is 162 cm³/mol. The van der Waals surface area contributed by atoms with Gasteiger partial charge in [0.25, 0.3) is 22.7 Å². The second-order valence-electron chi connectivity index (χ2n) is 10.9. The van der Waals surface area contributed by atoms with E-state index in [0.29, 0.717) is 54.9 Å².